The van der Waals surface area contributed by atoms with Crippen LogP contribution in [0.1, 0.15) is 56.6 Å². The van der Waals surface area contributed by atoms with Crippen LogP contribution in [0.4, 0.5) is 0 Å². The molecule has 2 aliphatic heterocycles. The maximum atomic E-state index is 12.8. The van der Waals surface area contributed by atoms with E-state index in [1.54, 1.807) is 6.20 Å². The Bertz CT molecular complexity index is 948. The summed E-state index contributed by atoms with van der Waals surface area (Å²) in [5.74, 6) is 0.762. The summed E-state index contributed by atoms with van der Waals surface area (Å²) in [6.07, 6.45) is 8.41. The average molecular weight is 426 g/mol. The van der Waals surface area contributed by atoms with Crippen molar-refractivity contribution in [3.8, 4) is 0 Å². The van der Waals surface area contributed by atoms with Gasteiger partial charge in [0.1, 0.15) is 0 Å². The Kier molecular flexibility index (Phi) is 5.89. The number of ether oxygens (including phenoxy) is 1. The zero-order valence-corrected chi connectivity index (χ0v) is 18.0. The highest BCUT2D eigenvalue weighted by atomic mass is 16.5. The molecule has 31 heavy (non-hydrogen) atoms. The maximum Gasteiger partial charge on any atom is 0.225 e. The minimum absolute atomic E-state index is 0.0861. The molecule has 1 saturated carbocycles. The van der Waals surface area contributed by atoms with Crippen LogP contribution in [-0.4, -0.2) is 63.8 Å². The zero-order chi connectivity index (χ0) is 21.2. The van der Waals surface area contributed by atoms with E-state index in [0.29, 0.717) is 26.1 Å². The van der Waals surface area contributed by atoms with Gasteiger partial charge in [-0.25, -0.2) is 9.67 Å². The molecule has 4 heterocycles. The Hall–Kier alpha value is -2.48. The van der Waals surface area contributed by atoms with Crippen molar-refractivity contribution in [1.82, 2.24) is 25.0 Å². The molecule has 2 atom stereocenters. The van der Waals surface area contributed by atoms with Crippen molar-refractivity contribution in [3.05, 3.63) is 24.0 Å². The highest BCUT2D eigenvalue weighted by Gasteiger charge is 2.31. The van der Waals surface area contributed by atoms with Crippen molar-refractivity contribution in [2.75, 3.05) is 26.2 Å². The minimum atomic E-state index is 0.0861. The van der Waals surface area contributed by atoms with Gasteiger partial charge in [0.2, 0.25) is 11.8 Å². The summed E-state index contributed by atoms with van der Waals surface area (Å²) in [5.41, 5.74) is 1.87. The molecule has 1 N–H and O–H groups in total. The molecular weight excluding hydrogens is 394 g/mol. The van der Waals surface area contributed by atoms with E-state index in [-0.39, 0.29) is 29.8 Å². The molecule has 1 aliphatic carbocycles. The second-order valence-corrected chi connectivity index (χ2v) is 9.07. The monoisotopic (exact) mass is 425 g/mol. The van der Waals surface area contributed by atoms with Crippen LogP contribution >= 0.6 is 0 Å². The van der Waals surface area contributed by atoms with Crippen molar-refractivity contribution in [1.29, 1.82) is 0 Å². The highest BCUT2D eigenvalue weighted by molar-refractivity contribution is 5.81. The number of carbonyl (C=O) groups excluding carboxylic acids is 2. The summed E-state index contributed by atoms with van der Waals surface area (Å²) in [5, 5.41) is 8.97. The number of carbonyl (C=O) groups is 2. The molecule has 5 rings (SSSR count). The van der Waals surface area contributed by atoms with Crippen LogP contribution in [0, 0.1) is 5.92 Å². The fourth-order valence-corrected chi connectivity index (χ4v) is 4.82. The van der Waals surface area contributed by atoms with E-state index in [4.69, 9.17) is 9.84 Å². The van der Waals surface area contributed by atoms with Crippen molar-refractivity contribution >= 4 is 22.8 Å². The van der Waals surface area contributed by atoms with Crippen LogP contribution in [0.5, 0.6) is 0 Å². The van der Waals surface area contributed by atoms with Crippen molar-refractivity contribution in [3.63, 3.8) is 0 Å². The summed E-state index contributed by atoms with van der Waals surface area (Å²) >= 11 is 0. The van der Waals surface area contributed by atoms with Gasteiger partial charge in [0.15, 0.2) is 5.65 Å². The van der Waals surface area contributed by atoms with Crippen LogP contribution < -0.4 is 5.32 Å². The first kappa shape index (κ1) is 20.4. The van der Waals surface area contributed by atoms with E-state index in [9.17, 15) is 9.59 Å². The summed E-state index contributed by atoms with van der Waals surface area (Å²) in [7, 11) is 0. The molecule has 2 aromatic heterocycles. The Morgan fingerprint density at radius 3 is 2.90 bits per heavy atom. The van der Waals surface area contributed by atoms with E-state index < -0.39 is 0 Å². The molecule has 8 heteroatoms. The minimum Gasteiger partial charge on any atom is -0.378 e. The lowest BCUT2D eigenvalue weighted by Crippen LogP contribution is -2.40. The van der Waals surface area contributed by atoms with Crippen LogP contribution in [-0.2, 0) is 20.9 Å². The van der Waals surface area contributed by atoms with Gasteiger partial charge in [0.05, 0.1) is 24.8 Å². The zero-order valence-electron chi connectivity index (χ0n) is 18.0. The van der Waals surface area contributed by atoms with Gasteiger partial charge in [-0.3, -0.25) is 9.59 Å². The van der Waals surface area contributed by atoms with E-state index in [0.717, 1.165) is 68.4 Å². The van der Waals surface area contributed by atoms with Crippen molar-refractivity contribution < 1.29 is 14.3 Å². The number of nitrogens with one attached hydrogen (secondary N) is 1. The third kappa shape index (κ3) is 4.59. The van der Waals surface area contributed by atoms with Gasteiger partial charge in [-0.05, 0) is 50.7 Å². The van der Waals surface area contributed by atoms with Crippen LogP contribution in [0.15, 0.2) is 18.3 Å². The number of pyridine rings is 1. The lowest BCUT2D eigenvalue weighted by atomic mass is 9.93. The molecule has 0 spiro atoms. The lowest BCUT2D eigenvalue weighted by Gasteiger charge is -2.32. The maximum absolute atomic E-state index is 12.8. The fraction of sp³-hybridized carbons (Fsp3) is 0.652. The third-order valence-electron chi connectivity index (χ3n) is 6.69. The standard InChI is InChI=1S/C23H31N5O3/c29-20(14-18-5-3-13-31-18)27-11-2-4-17(15-27)21-19-6-1-9-24-22(19)28(26-21)12-10-25-23(30)16-7-8-16/h1,6,9,16-18H,2-5,7-8,10-15H2,(H,25,30)/t17-,18-/m1/s1. The number of nitrogens with zero attached hydrogens (tertiary/aromatic N) is 4. The molecule has 166 valence electrons. The van der Waals surface area contributed by atoms with Gasteiger partial charge in [0.25, 0.3) is 0 Å². The molecule has 0 unspecified atom stereocenters. The van der Waals surface area contributed by atoms with Crippen molar-refractivity contribution in [2.45, 2.75) is 63.5 Å². The summed E-state index contributed by atoms with van der Waals surface area (Å²) < 4.78 is 7.57. The van der Waals surface area contributed by atoms with Gasteiger partial charge in [-0.15, -0.1) is 0 Å². The number of hydrogen-bond donors (Lipinski definition) is 1. The number of hydrogen-bond acceptors (Lipinski definition) is 5. The lowest BCUT2D eigenvalue weighted by molar-refractivity contribution is -0.134. The largest absolute Gasteiger partial charge is 0.378 e. The molecule has 0 bridgehead atoms. The Morgan fingerprint density at radius 1 is 1.19 bits per heavy atom. The Balaban J connectivity index is 1.28. The van der Waals surface area contributed by atoms with E-state index in [1.807, 2.05) is 15.6 Å². The van der Waals surface area contributed by atoms with Gasteiger partial charge in [0, 0.05) is 49.7 Å². The van der Waals surface area contributed by atoms with E-state index in [2.05, 4.69) is 16.4 Å². The first-order chi connectivity index (χ1) is 15.2. The summed E-state index contributed by atoms with van der Waals surface area (Å²) in [6, 6.07) is 4.01. The number of rotatable bonds is 7. The molecule has 0 radical (unpaired) electrons. The number of likely N-dealkylation sites (tertiary alicyclic amines) is 1. The quantitative estimate of drug-likeness (QED) is 0.735. The topological polar surface area (TPSA) is 89.4 Å². The normalized spacial score (nSPS) is 23.9. The second kappa shape index (κ2) is 8.94. The van der Waals surface area contributed by atoms with Gasteiger partial charge < -0.3 is 15.0 Å². The predicted octanol–water partition coefficient (Wildman–Crippen LogP) is 2.23. The Morgan fingerprint density at radius 2 is 2.10 bits per heavy atom. The fourth-order valence-electron chi connectivity index (χ4n) is 4.82. The molecule has 8 nitrogen and oxygen atoms in total. The molecule has 3 fully saturated rings. The first-order valence-corrected chi connectivity index (χ1v) is 11.7. The number of aromatic nitrogens is 3. The molecule has 2 amide bonds. The molecular formula is C23H31N5O3. The Labute approximate surface area is 182 Å². The second-order valence-electron chi connectivity index (χ2n) is 9.07. The van der Waals surface area contributed by atoms with E-state index in [1.165, 1.54) is 0 Å². The van der Waals surface area contributed by atoms with E-state index >= 15 is 0 Å². The van der Waals surface area contributed by atoms with Gasteiger partial charge >= 0.3 is 0 Å². The SMILES string of the molecule is O=C(NCCn1nc([C@@H]2CCCN(C(=O)C[C@H]3CCCO3)C2)c2cccnc21)C1CC1. The van der Waals surface area contributed by atoms with Gasteiger partial charge in [-0.2, -0.15) is 5.10 Å². The molecule has 3 aliphatic rings. The van der Waals surface area contributed by atoms with Crippen LogP contribution in [0.3, 0.4) is 0 Å². The van der Waals surface area contributed by atoms with Crippen molar-refractivity contribution in [2.24, 2.45) is 5.92 Å². The summed E-state index contributed by atoms with van der Waals surface area (Å²) in [4.78, 5) is 31.3. The number of piperidine rings is 1. The number of fused-ring (bicyclic) bond motifs is 1. The highest BCUT2D eigenvalue weighted by Crippen LogP contribution is 2.32. The summed E-state index contributed by atoms with van der Waals surface area (Å²) in [6.45, 7) is 3.44. The number of amides is 2. The predicted molar refractivity (Wildman–Crippen MR) is 115 cm³/mol. The van der Waals surface area contributed by atoms with Crippen LogP contribution in [0.2, 0.25) is 0 Å². The molecule has 2 aromatic rings. The van der Waals surface area contributed by atoms with Gasteiger partial charge in [-0.1, -0.05) is 0 Å². The molecule has 2 saturated heterocycles. The first-order valence-electron chi connectivity index (χ1n) is 11.7. The molecule has 0 aromatic carbocycles. The van der Waals surface area contributed by atoms with Crippen LogP contribution in [0.25, 0.3) is 11.0 Å². The smallest absolute Gasteiger partial charge is 0.225 e. The third-order valence-corrected chi connectivity index (χ3v) is 6.69. The average Bonchev–Trinajstić information content (AvgIpc) is 3.41.